The van der Waals surface area contributed by atoms with Crippen molar-refractivity contribution in [2.24, 2.45) is 7.05 Å². The van der Waals surface area contributed by atoms with Gasteiger partial charge in [-0.2, -0.15) is 0 Å². The van der Waals surface area contributed by atoms with E-state index in [1.165, 1.54) is 10.6 Å². The monoisotopic (exact) mass is 425 g/mol. The van der Waals surface area contributed by atoms with E-state index in [9.17, 15) is 14.4 Å². The van der Waals surface area contributed by atoms with E-state index in [0.29, 0.717) is 27.7 Å². The summed E-state index contributed by atoms with van der Waals surface area (Å²) in [5, 5.41) is 6.47. The molecule has 0 saturated carbocycles. The average Bonchev–Trinajstić information content (AvgIpc) is 2.80. The first kappa shape index (κ1) is 21.1. The molecule has 0 radical (unpaired) electrons. The zero-order valence-electron chi connectivity index (χ0n) is 17.9. The highest BCUT2D eigenvalue weighted by molar-refractivity contribution is 6.06. The number of hydrogen-bond donors (Lipinski definition) is 2. The lowest BCUT2D eigenvalue weighted by Gasteiger charge is -2.11. The summed E-state index contributed by atoms with van der Waals surface area (Å²) in [4.78, 5) is 37.6. The number of fused-ring (bicyclic) bond motifs is 1. The Morgan fingerprint density at radius 1 is 0.875 bits per heavy atom. The highest BCUT2D eigenvalue weighted by atomic mass is 16.2. The molecule has 1 aromatic heterocycles. The second-order valence-electron chi connectivity index (χ2n) is 7.68. The van der Waals surface area contributed by atoms with Crippen molar-refractivity contribution in [3.63, 3.8) is 0 Å². The van der Waals surface area contributed by atoms with Gasteiger partial charge in [0.25, 0.3) is 17.4 Å². The second kappa shape index (κ2) is 8.89. The molecule has 1 heterocycles. The Morgan fingerprint density at radius 3 is 2.41 bits per heavy atom. The summed E-state index contributed by atoms with van der Waals surface area (Å²) in [5.41, 5.74) is 3.93. The number of anilines is 1. The predicted molar refractivity (Wildman–Crippen MR) is 126 cm³/mol. The average molecular weight is 425 g/mol. The summed E-state index contributed by atoms with van der Waals surface area (Å²) < 4.78 is 1.52. The molecule has 2 amide bonds. The van der Waals surface area contributed by atoms with E-state index in [2.05, 4.69) is 10.6 Å². The van der Waals surface area contributed by atoms with Crippen molar-refractivity contribution in [3.8, 4) is 0 Å². The number of pyridine rings is 1. The van der Waals surface area contributed by atoms with Crippen molar-refractivity contribution in [1.29, 1.82) is 0 Å². The maximum absolute atomic E-state index is 12.8. The Bertz CT molecular complexity index is 1370. The molecule has 0 bridgehead atoms. The summed E-state index contributed by atoms with van der Waals surface area (Å²) in [7, 11) is 1.68. The zero-order valence-corrected chi connectivity index (χ0v) is 17.9. The number of carbonyl (C=O) groups is 2. The fourth-order valence-corrected chi connectivity index (χ4v) is 3.54. The third-order valence-corrected chi connectivity index (χ3v) is 5.35. The van der Waals surface area contributed by atoms with Crippen LogP contribution in [0, 0.1) is 6.92 Å². The molecule has 2 N–H and O–H groups in total. The van der Waals surface area contributed by atoms with Crippen LogP contribution in [-0.4, -0.2) is 16.4 Å². The summed E-state index contributed by atoms with van der Waals surface area (Å²) in [6, 6.07) is 23.3. The molecule has 6 heteroatoms. The van der Waals surface area contributed by atoms with Crippen LogP contribution in [0.3, 0.4) is 0 Å². The molecule has 32 heavy (non-hydrogen) atoms. The largest absolute Gasteiger partial charge is 0.348 e. The van der Waals surface area contributed by atoms with Gasteiger partial charge in [-0.1, -0.05) is 48.0 Å². The number of para-hydroxylation sites is 1. The summed E-state index contributed by atoms with van der Waals surface area (Å²) >= 11 is 0. The predicted octanol–water partition coefficient (Wildman–Crippen LogP) is 4.03. The van der Waals surface area contributed by atoms with Gasteiger partial charge in [-0.25, -0.2) is 0 Å². The van der Waals surface area contributed by atoms with Crippen molar-refractivity contribution >= 4 is 28.4 Å². The molecule has 0 aliphatic heterocycles. The number of nitrogens with zero attached hydrogens (tertiary/aromatic N) is 1. The summed E-state index contributed by atoms with van der Waals surface area (Å²) in [5.74, 6) is -0.522. The topological polar surface area (TPSA) is 80.2 Å². The molecule has 3 aromatic carbocycles. The smallest absolute Gasteiger partial charge is 0.255 e. The van der Waals surface area contributed by atoms with Gasteiger partial charge in [-0.05, 0) is 42.8 Å². The van der Waals surface area contributed by atoms with Crippen molar-refractivity contribution in [1.82, 2.24) is 9.88 Å². The Balaban J connectivity index is 1.48. The number of rotatable bonds is 5. The first-order chi connectivity index (χ1) is 15.4. The van der Waals surface area contributed by atoms with E-state index >= 15 is 0 Å². The summed E-state index contributed by atoms with van der Waals surface area (Å²) in [6.45, 7) is 2.23. The van der Waals surface area contributed by atoms with Gasteiger partial charge >= 0.3 is 0 Å². The van der Waals surface area contributed by atoms with E-state index in [-0.39, 0.29) is 23.9 Å². The van der Waals surface area contributed by atoms with Gasteiger partial charge in [0.05, 0.1) is 11.1 Å². The van der Waals surface area contributed by atoms with Crippen LogP contribution in [0.15, 0.2) is 83.7 Å². The SMILES string of the molecule is Cc1ccc(C(=O)Nc2cccc(CNC(=O)c3cc(=O)n(C)c4ccccc34)c2)cc1. The molecule has 0 saturated heterocycles. The molecule has 0 fully saturated rings. The third kappa shape index (κ3) is 4.44. The number of nitrogens with one attached hydrogen (secondary N) is 2. The maximum atomic E-state index is 12.8. The van der Waals surface area contributed by atoms with Crippen LogP contribution < -0.4 is 16.2 Å². The number of hydrogen-bond acceptors (Lipinski definition) is 3. The molecule has 0 aliphatic rings. The molecular formula is C26H23N3O3. The molecule has 0 aliphatic carbocycles. The molecule has 4 aromatic rings. The Labute approximate surface area is 185 Å². The molecular weight excluding hydrogens is 402 g/mol. The first-order valence-corrected chi connectivity index (χ1v) is 10.3. The van der Waals surface area contributed by atoms with Gasteiger partial charge in [0.1, 0.15) is 0 Å². The van der Waals surface area contributed by atoms with Crippen LogP contribution in [-0.2, 0) is 13.6 Å². The van der Waals surface area contributed by atoms with Crippen molar-refractivity contribution in [3.05, 3.63) is 111 Å². The van der Waals surface area contributed by atoms with Crippen LogP contribution in [0.2, 0.25) is 0 Å². The van der Waals surface area contributed by atoms with Crippen LogP contribution >= 0.6 is 0 Å². The van der Waals surface area contributed by atoms with Crippen LogP contribution in [0.25, 0.3) is 10.9 Å². The van der Waals surface area contributed by atoms with Gasteiger partial charge in [-0.3, -0.25) is 14.4 Å². The van der Waals surface area contributed by atoms with Gasteiger partial charge < -0.3 is 15.2 Å². The summed E-state index contributed by atoms with van der Waals surface area (Å²) in [6.07, 6.45) is 0. The maximum Gasteiger partial charge on any atom is 0.255 e. The Morgan fingerprint density at radius 2 is 1.62 bits per heavy atom. The van der Waals surface area contributed by atoms with Gasteiger partial charge in [0.2, 0.25) is 0 Å². The highest BCUT2D eigenvalue weighted by Crippen LogP contribution is 2.17. The number of benzene rings is 3. The lowest BCUT2D eigenvalue weighted by atomic mass is 10.1. The van der Waals surface area contributed by atoms with E-state index < -0.39 is 0 Å². The van der Waals surface area contributed by atoms with Crippen LogP contribution in [0.5, 0.6) is 0 Å². The van der Waals surface area contributed by atoms with Gasteiger partial charge in [0, 0.05) is 36.3 Å². The molecule has 6 nitrogen and oxygen atoms in total. The van der Waals surface area contributed by atoms with E-state index in [1.807, 2.05) is 61.5 Å². The Kier molecular flexibility index (Phi) is 5.85. The van der Waals surface area contributed by atoms with Crippen LogP contribution in [0.1, 0.15) is 31.8 Å². The zero-order chi connectivity index (χ0) is 22.7. The van der Waals surface area contributed by atoms with E-state index in [1.54, 1.807) is 25.2 Å². The molecule has 0 spiro atoms. The van der Waals surface area contributed by atoms with E-state index in [4.69, 9.17) is 0 Å². The molecule has 160 valence electrons. The Hall–Kier alpha value is -4.19. The molecule has 4 rings (SSSR count). The number of aromatic nitrogens is 1. The van der Waals surface area contributed by atoms with Crippen LogP contribution in [0.4, 0.5) is 5.69 Å². The van der Waals surface area contributed by atoms with E-state index in [0.717, 1.165) is 11.1 Å². The molecule has 0 unspecified atom stereocenters. The minimum atomic E-state index is -0.326. The van der Waals surface area contributed by atoms with Gasteiger partial charge in [-0.15, -0.1) is 0 Å². The fourth-order valence-electron chi connectivity index (χ4n) is 3.54. The number of carbonyl (C=O) groups excluding carboxylic acids is 2. The van der Waals surface area contributed by atoms with Gasteiger partial charge in [0.15, 0.2) is 0 Å². The minimum Gasteiger partial charge on any atom is -0.348 e. The van der Waals surface area contributed by atoms with Crippen molar-refractivity contribution in [2.75, 3.05) is 5.32 Å². The lowest BCUT2D eigenvalue weighted by molar-refractivity contribution is 0.0951. The highest BCUT2D eigenvalue weighted by Gasteiger charge is 2.13. The quantitative estimate of drug-likeness (QED) is 0.507. The third-order valence-electron chi connectivity index (χ3n) is 5.35. The number of aryl methyl sites for hydroxylation is 2. The van der Waals surface area contributed by atoms with Crippen molar-refractivity contribution in [2.45, 2.75) is 13.5 Å². The fraction of sp³-hybridized carbons (Fsp3) is 0.115. The normalized spacial score (nSPS) is 10.7. The lowest BCUT2D eigenvalue weighted by Crippen LogP contribution is -2.26. The second-order valence-corrected chi connectivity index (χ2v) is 7.68. The standard InChI is InChI=1S/C26H23N3O3/c1-17-10-12-19(13-11-17)25(31)28-20-7-5-6-18(14-20)16-27-26(32)22-15-24(30)29(2)23-9-4-3-8-21(22)23/h3-15H,16H2,1-2H3,(H,27,32)(H,28,31). The van der Waals surface area contributed by atoms with Crippen molar-refractivity contribution < 1.29 is 9.59 Å². The molecule has 0 atom stereocenters. The number of amides is 2. The minimum absolute atomic E-state index is 0.196. The first-order valence-electron chi connectivity index (χ1n) is 10.3.